The molecule has 0 saturated heterocycles. The Kier molecular flexibility index (Phi) is 8.86. The van der Waals surface area contributed by atoms with E-state index in [0.29, 0.717) is 37.7 Å². The molecule has 0 bridgehead atoms. The lowest BCUT2D eigenvalue weighted by atomic mass is 9.89. The molecule has 3 aromatic rings. The maximum atomic E-state index is 11.6. The van der Waals surface area contributed by atoms with Gasteiger partial charge in [-0.15, -0.1) is 4.91 Å². The molecule has 0 aromatic heterocycles. The molecule has 2 heterocycles. The summed E-state index contributed by atoms with van der Waals surface area (Å²) in [6.45, 7) is 4.95. The van der Waals surface area contributed by atoms with Crippen LogP contribution in [0, 0.1) is 10.8 Å². The van der Waals surface area contributed by atoms with Gasteiger partial charge in [-0.25, -0.2) is 0 Å². The number of rotatable bonds is 12. The van der Waals surface area contributed by atoms with Gasteiger partial charge in [0, 0.05) is 28.9 Å². The van der Waals surface area contributed by atoms with Crippen molar-refractivity contribution in [1.29, 1.82) is 0 Å². The molecule has 1 N–H and O–H groups in total. The van der Waals surface area contributed by atoms with Crippen molar-refractivity contribution in [1.82, 2.24) is 5.32 Å². The van der Waals surface area contributed by atoms with Crippen LogP contribution in [0.25, 0.3) is 0 Å². The van der Waals surface area contributed by atoms with E-state index in [1.54, 1.807) is 14.0 Å². The minimum atomic E-state index is -0.647. The molecule has 0 fully saturated rings. The number of hydrogen-bond donors (Lipinski definition) is 1. The quantitative estimate of drug-likeness (QED) is 0.222. The van der Waals surface area contributed by atoms with Gasteiger partial charge in [0.05, 0.1) is 31.4 Å². The summed E-state index contributed by atoms with van der Waals surface area (Å²) in [5.41, 5.74) is 5.36. The van der Waals surface area contributed by atoms with E-state index < -0.39 is 11.8 Å². The highest BCUT2D eigenvalue weighted by atomic mass is 16.5. The largest absolute Gasteiger partial charge is 0.497 e. The van der Waals surface area contributed by atoms with Crippen molar-refractivity contribution in [3.8, 4) is 11.5 Å². The van der Waals surface area contributed by atoms with Gasteiger partial charge in [-0.05, 0) is 48.7 Å². The van der Waals surface area contributed by atoms with E-state index in [-0.39, 0.29) is 18.2 Å². The standard InChI is InChI=1S/C36H37N3O6/c1-23(35(40)38-41)18-19-43-32-15-9-14-30-34(32)27-12-7-8-13-29(27)39(30)21-25-16-17-31(33(20-25)42-3)44-22-28-24(2)45-36(37-28)26-10-5-4-6-11-26/h4-17,20,23,30,34,36-37H,18-19,21-22H2,1-3H3. The number of fused-ring (bicyclic) bond motifs is 3. The molecular weight excluding hydrogens is 570 g/mol. The van der Waals surface area contributed by atoms with E-state index in [9.17, 15) is 9.70 Å². The van der Waals surface area contributed by atoms with Crippen LogP contribution < -0.4 is 19.7 Å². The molecule has 4 unspecified atom stereocenters. The fourth-order valence-corrected chi connectivity index (χ4v) is 6.07. The first-order valence-electron chi connectivity index (χ1n) is 15.2. The summed E-state index contributed by atoms with van der Waals surface area (Å²) in [5.74, 6) is 1.86. The molecule has 45 heavy (non-hydrogen) atoms. The Morgan fingerprint density at radius 2 is 1.84 bits per heavy atom. The van der Waals surface area contributed by atoms with Gasteiger partial charge in [0.1, 0.15) is 18.1 Å². The number of anilines is 1. The van der Waals surface area contributed by atoms with Gasteiger partial charge in [0.15, 0.2) is 17.7 Å². The van der Waals surface area contributed by atoms with Gasteiger partial charge in [0.25, 0.3) is 5.91 Å². The first-order valence-corrected chi connectivity index (χ1v) is 15.2. The number of benzene rings is 3. The summed E-state index contributed by atoms with van der Waals surface area (Å²) < 4.78 is 24.2. The zero-order valence-electron chi connectivity index (χ0n) is 25.6. The van der Waals surface area contributed by atoms with Gasteiger partial charge in [-0.1, -0.05) is 73.7 Å². The Labute approximate surface area is 263 Å². The van der Waals surface area contributed by atoms with Crippen LogP contribution in [0.2, 0.25) is 0 Å². The lowest BCUT2D eigenvalue weighted by Crippen LogP contribution is -2.34. The molecule has 1 aliphatic carbocycles. The minimum absolute atomic E-state index is 0.0169. The van der Waals surface area contributed by atoms with Crippen LogP contribution in [0.5, 0.6) is 11.5 Å². The Morgan fingerprint density at radius 3 is 2.64 bits per heavy atom. The number of methoxy groups -OCH3 is 1. The van der Waals surface area contributed by atoms with Crippen molar-refractivity contribution in [3.05, 3.63) is 130 Å². The molecule has 1 amide bonds. The molecular formula is C36H37N3O6. The monoisotopic (exact) mass is 607 g/mol. The highest BCUT2D eigenvalue weighted by Crippen LogP contribution is 2.48. The number of hydrogen-bond acceptors (Lipinski definition) is 8. The van der Waals surface area contributed by atoms with Crippen LogP contribution in [-0.2, 0) is 20.8 Å². The minimum Gasteiger partial charge on any atom is -0.497 e. The predicted octanol–water partition coefficient (Wildman–Crippen LogP) is 6.89. The Bertz CT molecular complexity index is 1650. The van der Waals surface area contributed by atoms with E-state index in [1.165, 1.54) is 5.56 Å². The second-order valence-corrected chi connectivity index (χ2v) is 11.4. The number of nitrogens with zero attached hydrogens (tertiary/aromatic N) is 2. The summed E-state index contributed by atoms with van der Waals surface area (Å²) >= 11 is 0. The summed E-state index contributed by atoms with van der Waals surface area (Å²) in [6, 6.07) is 24.5. The van der Waals surface area contributed by atoms with Crippen molar-refractivity contribution >= 4 is 11.6 Å². The Morgan fingerprint density at radius 1 is 1.04 bits per heavy atom. The number of carbonyl (C=O) groups is 1. The molecule has 232 valence electrons. The van der Waals surface area contributed by atoms with Gasteiger partial charge in [-0.3, -0.25) is 4.79 Å². The average Bonchev–Trinajstić information content (AvgIpc) is 3.61. The van der Waals surface area contributed by atoms with E-state index >= 15 is 0 Å². The zero-order chi connectivity index (χ0) is 31.3. The Hall–Kier alpha value is -5.05. The van der Waals surface area contributed by atoms with Crippen LogP contribution in [-0.4, -0.2) is 32.3 Å². The molecule has 9 heteroatoms. The van der Waals surface area contributed by atoms with E-state index in [4.69, 9.17) is 18.9 Å². The lowest BCUT2D eigenvalue weighted by Gasteiger charge is -2.31. The first-order chi connectivity index (χ1) is 22.0. The fourth-order valence-electron chi connectivity index (χ4n) is 6.07. The smallest absolute Gasteiger partial charge is 0.289 e. The maximum absolute atomic E-state index is 11.6. The van der Waals surface area contributed by atoms with Crippen molar-refractivity contribution in [2.45, 2.75) is 45.0 Å². The fraction of sp³-hybridized carbons (Fsp3) is 0.306. The van der Waals surface area contributed by atoms with Gasteiger partial charge in [-0.2, -0.15) is 0 Å². The molecule has 3 aliphatic rings. The van der Waals surface area contributed by atoms with Crippen molar-refractivity contribution in [2.75, 3.05) is 25.2 Å². The molecule has 0 radical (unpaired) electrons. The highest BCUT2D eigenvalue weighted by molar-refractivity contribution is 5.78. The molecule has 4 atom stereocenters. The van der Waals surface area contributed by atoms with Gasteiger partial charge in [0.2, 0.25) is 0 Å². The normalized spacial score (nSPS) is 20.4. The molecule has 0 saturated carbocycles. The number of amides is 1. The van der Waals surface area contributed by atoms with Crippen molar-refractivity contribution < 1.29 is 23.7 Å². The number of nitrogens with one attached hydrogen (secondary N) is 1. The van der Waals surface area contributed by atoms with Gasteiger partial charge >= 0.3 is 0 Å². The number of para-hydroxylation sites is 1. The SMILES string of the molecule is COc1cc(CN2c3ccccc3C3C(OCCC(C)C(=O)N=O)=CC=CC32)ccc1OCC1=C(C)OC(c2ccccc2)N1. The van der Waals surface area contributed by atoms with Crippen LogP contribution in [0.1, 0.15) is 49.1 Å². The first kappa shape index (κ1) is 30.0. The van der Waals surface area contributed by atoms with Crippen molar-refractivity contribution in [2.24, 2.45) is 11.1 Å². The van der Waals surface area contributed by atoms with E-state index in [2.05, 4.69) is 39.7 Å². The van der Waals surface area contributed by atoms with E-state index in [0.717, 1.165) is 34.0 Å². The molecule has 2 aliphatic heterocycles. The summed E-state index contributed by atoms with van der Waals surface area (Å²) in [6.07, 6.45) is 6.40. The third kappa shape index (κ3) is 6.29. The second kappa shape index (κ2) is 13.3. The van der Waals surface area contributed by atoms with Crippen LogP contribution in [0.15, 0.2) is 113 Å². The predicted molar refractivity (Wildman–Crippen MR) is 172 cm³/mol. The molecule has 6 rings (SSSR count). The topological polar surface area (TPSA) is 98.7 Å². The van der Waals surface area contributed by atoms with Gasteiger partial charge < -0.3 is 29.2 Å². The second-order valence-electron chi connectivity index (χ2n) is 11.4. The number of allylic oxidation sites excluding steroid dienone is 3. The van der Waals surface area contributed by atoms with E-state index in [1.807, 2.05) is 73.7 Å². The summed E-state index contributed by atoms with van der Waals surface area (Å²) in [4.78, 5) is 24.6. The lowest BCUT2D eigenvalue weighted by molar-refractivity contribution is -0.121. The Balaban J connectivity index is 1.13. The number of carbonyl (C=O) groups excluding carboxylic acids is 1. The molecule has 3 aromatic carbocycles. The maximum Gasteiger partial charge on any atom is 0.289 e. The van der Waals surface area contributed by atoms with Crippen LogP contribution in [0.3, 0.4) is 0 Å². The third-order valence-electron chi connectivity index (χ3n) is 8.57. The summed E-state index contributed by atoms with van der Waals surface area (Å²) in [7, 11) is 1.65. The average molecular weight is 608 g/mol. The zero-order valence-corrected chi connectivity index (χ0v) is 25.6. The third-order valence-corrected chi connectivity index (χ3v) is 8.57. The number of nitroso groups, excluding NO2 is 1. The van der Waals surface area contributed by atoms with Crippen LogP contribution in [0.4, 0.5) is 5.69 Å². The molecule has 0 spiro atoms. The number of ether oxygens (including phenoxy) is 4. The molecule has 9 nitrogen and oxygen atoms in total. The summed E-state index contributed by atoms with van der Waals surface area (Å²) in [5, 5.41) is 5.97. The van der Waals surface area contributed by atoms with Crippen molar-refractivity contribution in [3.63, 3.8) is 0 Å². The highest BCUT2D eigenvalue weighted by Gasteiger charge is 2.41. The van der Waals surface area contributed by atoms with Crippen LogP contribution >= 0.6 is 0 Å².